The molecule has 1 N–H and O–H groups in total. The summed E-state index contributed by atoms with van der Waals surface area (Å²) in [6.45, 7) is 3.57. The molecule has 1 unspecified atom stereocenters. The molecule has 2 aromatic carbocycles. The van der Waals surface area contributed by atoms with E-state index in [0.29, 0.717) is 6.42 Å². The highest BCUT2D eigenvalue weighted by Gasteiger charge is 2.33. The van der Waals surface area contributed by atoms with E-state index in [0.717, 1.165) is 47.4 Å². The number of hydrogen-bond acceptors (Lipinski definition) is 4. The number of carbonyl (C=O) groups is 2. The SMILES string of the molecule is CCC(C(=O)NC1CCCC1)N(Cc1ccc(C)cc1)C(=O)CN(c1ccccc1Cl)S(C)(=O)=O. The van der Waals surface area contributed by atoms with Gasteiger partial charge in [-0.15, -0.1) is 0 Å². The molecule has 9 heteroatoms. The number of carbonyl (C=O) groups excluding carboxylic acids is 2. The number of rotatable bonds is 10. The fourth-order valence-corrected chi connectivity index (χ4v) is 5.58. The zero-order valence-corrected chi connectivity index (χ0v) is 22.1. The van der Waals surface area contributed by atoms with E-state index < -0.39 is 28.5 Å². The zero-order valence-electron chi connectivity index (χ0n) is 20.5. The Kier molecular flexibility index (Phi) is 9.19. The first kappa shape index (κ1) is 27.0. The number of nitrogens with zero attached hydrogens (tertiary/aromatic N) is 2. The minimum absolute atomic E-state index is 0.114. The van der Waals surface area contributed by atoms with E-state index in [4.69, 9.17) is 11.6 Å². The molecule has 1 aliphatic rings. The molecular formula is C26H34ClN3O4S. The van der Waals surface area contributed by atoms with Gasteiger partial charge in [-0.05, 0) is 43.9 Å². The summed E-state index contributed by atoms with van der Waals surface area (Å²) in [5.41, 5.74) is 2.17. The number of sulfonamides is 1. The predicted octanol–water partition coefficient (Wildman–Crippen LogP) is 4.28. The van der Waals surface area contributed by atoms with Crippen LogP contribution in [0.1, 0.15) is 50.2 Å². The van der Waals surface area contributed by atoms with Gasteiger partial charge in [0.2, 0.25) is 21.8 Å². The molecule has 7 nitrogen and oxygen atoms in total. The van der Waals surface area contributed by atoms with Crippen molar-refractivity contribution in [2.24, 2.45) is 0 Å². The molecule has 0 aromatic heterocycles. The fraction of sp³-hybridized carbons (Fsp3) is 0.462. The quantitative estimate of drug-likeness (QED) is 0.507. The highest BCUT2D eigenvalue weighted by Crippen LogP contribution is 2.28. The van der Waals surface area contributed by atoms with Crippen LogP contribution >= 0.6 is 11.6 Å². The molecule has 1 saturated carbocycles. The van der Waals surface area contributed by atoms with Gasteiger partial charge in [-0.2, -0.15) is 0 Å². The van der Waals surface area contributed by atoms with Crippen LogP contribution in [0.15, 0.2) is 48.5 Å². The molecule has 1 atom stereocenters. The molecule has 0 bridgehead atoms. The van der Waals surface area contributed by atoms with Gasteiger partial charge in [-0.3, -0.25) is 13.9 Å². The second-order valence-electron chi connectivity index (χ2n) is 9.14. The Labute approximate surface area is 213 Å². The lowest BCUT2D eigenvalue weighted by Gasteiger charge is -2.33. The first-order valence-corrected chi connectivity index (χ1v) is 14.2. The molecule has 0 heterocycles. The lowest BCUT2D eigenvalue weighted by Crippen LogP contribution is -2.53. The normalized spacial score (nSPS) is 15.0. The van der Waals surface area contributed by atoms with Crippen LogP contribution < -0.4 is 9.62 Å². The van der Waals surface area contributed by atoms with Gasteiger partial charge in [-0.1, -0.05) is 73.3 Å². The smallest absolute Gasteiger partial charge is 0.244 e. The number of aryl methyl sites for hydroxylation is 1. The number of benzene rings is 2. The maximum absolute atomic E-state index is 13.7. The molecule has 0 radical (unpaired) electrons. The van der Waals surface area contributed by atoms with Crippen molar-refractivity contribution in [1.29, 1.82) is 0 Å². The van der Waals surface area contributed by atoms with Gasteiger partial charge in [0.25, 0.3) is 0 Å². The lowest BCUT2D eigenvalue weighted by molar-refractivity contribution is -0.140. The van der Waals surface area contributed by atoms with E-state index >= 15 is 0 Å². The summed E-state index contributed by atoms with van der Waals surface area (Å²) in [7, 11) is -3.82. The Balaban J connectivity index is 1.92. The lowest BCUT2D eigenvalue weighted by atomic mass is 10.1. The van der Waals surface area contributed by atoms with Crippen molar-refractivity contribution in [1.82, 2.24) is 10.2 Å². The summed E-state index contributed by atoms with van der Waals surface area (Å²) >= 11 is 6.27. The maximum atomic E-state index is 13.7. The maximum Gasteiger partial charge on any atom is 0.244 e. The summed E-state index contributed by atoms with van der Waals surface area (Å²) in [6, 6.07) is 13.6. The third-order valence-corrected chi connectivity index (χ3v) is 7.81. The Bertz CT molecular complexity index is 1130. The third kappa shape index (κ3) is 7.21. The number of halogens is 1. The van der Waals surface area contributed by atoms with E-state index in [1.54, 1.807) is 24.3 Å². The first-order valence-electron chi connectivity index (χ1n) is 12.0. The van der Waals surface area contributed by atoms with Crippen molar-refractivity contribution >= 4 is 39.1 Å². The van der Waals surface area contributed by atoms with Crippen LogP contribution in [0.3, 0.4) is 0 Å². The van der Waals surface area contributed by atoms with Crippen LogP contribution in [0.25, 0.3) is 0 Å². The zero-order chi connectivity index (χ0) is 25.6. The average molecular weight is 520 g/mol. The predicted molar refractivity (Wildman–Crippen MR) is 140 cm³/mol. The van der Waals surface area contributed by atoms with Crippen molar-refractivity contribution < 1.29 is 18.0 Å². The molecule has 35 heavy (non-hydrogen) atoms. The molecule has 0 saturated heterocycles. The van der Waals surface area contributed by atoms with Gasteiger partial charge in [-0.25, -0.2) is 8.42 Å². The van der Waals surface area contributed by atoms with Crippen LogP contribution in [0, 0.1) is 6.92 Å². The van der Waals surface area contributed by atoms with Gasteiger partial charge in [0, 0.05) is 12.6 Å². The monoisotopic (exact) mass is 519 g/mol. The van der Waals surface area contributed by atoms with Crippen LogP contribution in [0.2, 0.25) is 5.02 Å². The standard InChI is InChI=1S/C26H34ClN3O4S/c1-4-23(26(32)28-21-9-5-6-10-21)29(17-20-15-13-19(2)14-16-20)25(31)18-30(35(3,33)34)24-12-8-7-11-22(24)27/h7-8,11-16,21,23H,4-6,9-10,17-18H2,1-3H3,(H,28,32). The Morgan fingerprint density at radius 3 is 2.29 bits per heavy atom. The number of para-hydroxylation sites is 1. The summed E-state index contributed by atoms with van der Waals surface area (Å²) in [6.07, 6.45) is 5.47. The largest absolute Gasteiger partial charge is 0.352 e. The van der Waals surface area contributed by atoms with Crippen molar-refractivity contribution in [3.05, 3.63) is 64.7 Å². The summed E-state index contributed by atoms with van der Waals surface area (Å²) in [5, 5.41) is 3.32. The van der Waals surface area contributed by atoms with Crippen LogP contribution in [-0.4, -0.2) is 50.0 Å². The summed E-state index contributed by atoms with van der Waals surface area (Å²) in [4.78, 5) is 28.5. The van der Waals surface area contributed by atoms with Gasteiger partial charge in [0.1, 0.15) is 12.6 Å². The van der Waals surface area contributed by atoms with Crippen molar-refractivity contribution in [2.75, 3.05) is 17.1 Å². The first-order chi connectivity index (χ1) is 16.6. The van der Waals surface area contributed by atoms with E-state index in [1.165, 1.54) is 4.90 Å². The fourth-order valence-electron chi connectivity index (χ4n) is 4.43. The minimum Gasteiger partial charge on any atom is -0.352 e. The van der Waals surface area contributed by atoms with Gasteiger partial charge < -0.3 is 10.2 Å². The van der Waals surface area contributed by atoms with E-state index in [9.17, 15) is 18.0 Å². The highest BCUT2D eigenvalue weighted by molar-refractivity contribution is 7.92. The molecule has 3 rings (SSSR count). The second-order valence-corrected chi connectivity index (χ2v) is 11.5. The Morgan fingerprint density at radius 1 is 1.09 bits per heavy atom. The topological polar surface area (TPSA) is 86.8 Å². The highest BCUT2D eigenvalue weighted by atomic mass is 35.5. The molecule has 0 spiro atoms. The summed E-state index contributed by atoms with van der Waals surface area (Å²) in [5.74, 6) is -0.673. The molecule has 1 aliphatic carbocycles. The van der Waals surface area contributed by atoms with Crippen molar-refractivity contribution in [3.8, 4) is 0 Å². The molecular weight excluding hydrogens is 486 g/mol. The minimum atomic E-state index is -3.82. The number of anilines is 1. The van der Waals surface area contributed by atoms with E-state index in [-0.39, 0.29) is 29.2 Å². The van der Waals surface area contributed by atoms with Gasteiger partial charge in [0.15, 0.2) is 0 Å². The summed E-state index contributed by atoms with van der Waals surface area (Å²) < 4.78 is 26.3. The number of amides is 2. The Morgan fingerprint density at radius 2 is 1.71 bits per heavy atom. The number of hydrogen-bond donors (Lipinski definition) is 1. The second kappa shape index (κ2) is 11.9. The van der Waals surface area contributed by atoms with Crippen molar-refractivity contribution in [3.63, 3.8) is 0 Å². The van der Waals surface area contributed by atoms with Gasteiger partial charge >= 0.3 is 0 Å². The third-order valence-electron chi connectivity index (χ3n) is 6.36. The number of nitrogens with one attached hydrogen (secondary N) is 1. The van der Waals surface area contributed by atoms with Crippen LogP contribution in [0.4, 0.5) is 5.69 Å². The Hall–Kier alpha value is -2.58. The van der Waals surface area contributed by atoms with Crippen LogP contribution in [0.5, 0.6) is 0 Å². The molecule has 0 aliphatic heterocycles. The van der Waals surface area contributed by atoms with Crippen molar-refractivity contribution in [2.45, 2.75) is 64.6 Å². The van der Waals surface area contributed by atoms with E-state index in [2.05, 4.69) is 5.32 Å². The molecule has 2 amide bonds. The van der Waals surface area contributed by atoms with Crippen LogP contribution in [-0.2, 0) is 26.2 Å². The van der Waals surface area contributed by atoms with Gasteiger partial charge in [0.05, 0.1) is 17.0 Å². The van der Waals surface area contributed by atoms with E-state index in [1.807, 2.05) is 38.1 Å². The molecule has 1 fully saturated rings. The molecule has 2 aromatic rings. The molecule has 190 valence electrons. The average Bonchev–Trinajstić information content (AvgIpc) is 3.31.